The summed E-state index contributed by atoms with van der Waals surface area (Å²) < 4.78 is 0. The predicted octanol–water partition coefficient (Wildman–Crippen LogP) is 0.514. The first-order valence-electron chi connectivity index (χ1n) is 5.21. The van der Waals surface area contributed by atoms with Crippen molar-refractivity contribution in [2.75, 3.05) is 13.6 Å². The van der Waals surface area contributed by atoms with Gasteiger partial charge in [0.15, 0.2) is 0 Å². The Kier molecular flexibility index (Phi) is 4.18. The molecule has 0 bridgehead atoms. The van der Waals surface area contributed by atoms with Gasteiger partial charge in [0.1, 0.15) is 0 Å². The Morgan fingerprint density at radius 2 is 2.25 bits per heavy atom. The Morgan fingerprint density at radius 1 is 1.62 bits per heavy atom. The summed E-state index contributed by atoms with van der Waals surface area (Å²) in [6.07, 6.45) is 7.02. The molecule has 1 rings (SSSR count). The molecular formula is C11H16N2O3. The summed E-state index contributed by atoms with van der Waals surface area (Å²) in [5.41, 5.74) is 0. The second-order valence-corrected chi connectivity index (χ2v) is 4.05. The molecule has 5 heteroatoms. The van der Waals surface area contributed by atoms with E-state index in [2.05, 4.69) is 11.2 Å². The Labute approximate surface area is 94.8 Å². The van der Waals surface area contributed by atoms with Gasteiger partial charge in [0.25, 0.3) is 0 Å². The summed E-state index contributed by atoms with van der Waals surface area (Å²) in [5, 5.41) is 11.4. The van der Waals surface area contributed by atoms with Crippen molar-refractivity contribution in [2.45, 2.75) is 25.3 Å². The largest absolute Gasteiger partial charge is 0.481 e. The molecule has 1 saturated carbocycles. The predicted molar refractivity (Wildman–Crippen MR) is 58.8 cm³/mol. The van der Waals surface area contributed by atoms with Crippen LogP contribution in [0.4, 0.5) is 4.79 Å². The fourth-order valence-electron chi connectivity index (χ4n) is 1.50. The maximum Gasteiger partial charge on any atom is 0.318 e. The maximum atomic E-state index is 11.6. The van der Waals surface area contributed by atoms with Crippen molar-refractivity contribution >= 4 is 12.0 Å². The number of rotatable bonds is 5. The van der Waals surface area contributed by atoms with Gasteiger partial charge >= 0.3 is 12.0 Å². The molecule has 0 aromatic rings. The van der Waals surface area contributed by atoms with E-state index < -0.39 is 5.97 Å². The summed E-state index contributed by atoms with van der Waals surface area (Å²) in [7, 11) is 1.58. The fourth-order valence-corrected chi connectivity index (χ4v) is 1.50. The third kappa shape index (κ3) is 3.81. The van der Waals surface area contributed by atoms with E-state index >= 15 is 0 Å². The van der Waals surface area contributed by atoms with Gasteiger partial charge in [0.05, 0.1) is 13.0 Å². The molecule has 1 fully saturated rings. The molecular weight excluding hydrogens is 208 g/mol. The monoisotopic (exact) mass is 224 g/mol. The average Bonchev–Trinajstić information content (AvgIpc) is 2.99. The van der Waals surface area contributed by atoms with Crippen molar-refractivity contribution in [3.8, 4) is 12.3 Å². The lowest BCUT2D eigenvalue weighted by Crippen LogP contribution is -2.45. The minimum Gasteiger partial charge on any atom is -0.481 e. The number of aliphatic carboxylic acids is 1. The second-order valence-electron chi connectivity index (χ2n) is 4.05. The normalized spacial score (nSPS) is 16.0. The lowest BCUT2D eigenvalue weighted by Gasteiger charge is -2.21. The van der Waals surface area contributed by atoms with Crippen molar-refractivity contribution in [1.82, 2.24) is 10.2 Å². The van der Waals surface area contributed by atoms with Crippen molar-refractivity contribution in [2.24, 2.45) is 5.92 Å². The molecule has 0 aromatic carbocycles. The standard InChI is InChI=1S/C11H16N2O3/c1-3-6-13(2)11(16)12-9(7-10(14)15)8-4-5-8/h1,8-9H,4-7H2,2H3,(H,12,16)(H,14,15). The van der Waals surface area contributed by atoms with E-state index in [1.165, 1.54) is 4.90 Å². The Hall–Kier alpha value is -1.70. The van der Waals surface area contributed by atoms with Gasteiger partial charge < -0.3 is 15.3 Å². The van der Waals surface area contributed by atoms with E-state index in [9.17, 15) is 9.59 Å². The number of nitrogens with one attached hydrogen (secondary N) is 1. The van der Waals surface area contributed by atoms with E-state index in [4.69, 9.17) is 11.5 Å². The summed E-state index contributed by atoms with van der Waals surface area (Å²) in [4.78, 5) is 23.6. The van der Waals surface area contributed by atoms with Gasteiger partial charge in [-0.1, -0.05) is 5.92 Å². The van der Waals surface area contributed by atoms with Crippen molar-refractivity contribution < 1.29 is 14.7 Å². The first-order chi connectivity index (χ1) is 7.54. The lowest BCUT2D eigenvalue weighted by molar-refractivity contribution is -0.137. The number of terminal acetylenes is 1. The molecule has 0 radical (unpaired) electrons. The zero-order chi connectivity index (χ0) is 12.1. The second kappa shape index (κ2) is 5.40. The van der Waals surface area contributed by atoms with Crippen molar-refractivity contribution in [3.05, 3.63) is 0 Å². The van der Waals surface area contributed by atoms with Crippen LogP contribution in [0.1, 0.15) is 19.3 Å². The van der Waals surface area contributed by atoms with Crippen LogP contribution in [0.15, 0.2) is 0 Å². The molecule has 2 N–H and O–H groups in total. The van der Waals surface area contributed by atoms with Crippen LogP contribution in [-0.4, -0.2) is 41.6 Å². The Bertz CT molecular complexity index is 318. The van der Waals surface area contributed by atoms with E-state index in [1.807, 2.05) is 0 Å². The Balaban J connectivity index is 2.45. The van der Waals surface area contributed by atoms with Gasteiger partial charge in [-0.25, -0.2) is 4.79 Å². The van der Waals surface area contributed by atoms with Gasteiger partial charge in [-0.2, -0.15) is 0 Å². The molecule has 0 aliphatic heterocycles. The van der Waals surface area contributed by atoms with Gasteiger partial charge in [-0.3, -0.25) is 4.79 Å². The molecule has 2 amide bonds. The van der Waals surface area contributed by atoms with Crippen LogP contribution < -0.4 is 5.32 Å². The van der Waals surface area contributed by atoms with E-state index in [0.717, 1.165) is 12.8 Å². The number of carboxylic acids is 1. The van der Waals surface area contributed by atoms with Crippen molar-refractivity contribution in [1.29, 1.82) is 0 Å². The number of urea groups is 1. The van der Waals surface area contributed by atoms with Crippen LogP contribution in [0.2, 0.25) is 0 Å². The first kappa shape index (κ1) is 12.4. The highest BCUT2D eigenvalue weighted by molar-refractivity contribution is 5.76. The number of amides is 2. The fraction of sp³-hybridized carbons (Fsp3) is 0.636. The maximum absolute atomic E-state index is 11.6. The molecule has 1 unspecified atom stereocenters. The molecule has 16 heavy (non-hydrogen) atoms. The molecule has 0 saturated heterocycles. The molecule has 1 aliphatic rings. The van der Waals surface area contributed by atoms with Crippen LogP contribution in [0.5, 0.6) is 0 Å². The van der Waals surface area contributed by atoms with E-state index in [-0.39, 0.29) is 25.0 Å². The number of hydrogen-bond donors (Lipinski definition) is 2. The summed E-state index contributed by atoms with van der Waals surface area (Å²) >= 11 is 0. The molecule has 1 aliphatic carbocycles. The zero-order valence-electron chi connectivity index (χ0n) is 9.27. The topological polar surface area (TPSA) is 69.6 Å². The first-order valence-corrected chi connectivity index (χ1v) is 5.21. The van der Waals surface area contributed by atoms with Crippen molar-refractivity contribution in [3.63, 3.8) is 0 Å². The number of hydrogen-bond acceptors (Lipinski definition) is 2. The molecule has 88 valence electrons. The number of carbonyl (C=O) groups is 2. The molecule has 5 nitrogen and oxygen atoms in total. The summed E-state index contributed by atoms with van der Waals surface area (Å²) in [6.45, 7) is 0.219. The molecule has 0 spiro atoms. The zero-order valence-corrected chi connectivity index (χ0v) is 9.27. The highest BCUT2D eigenvalue weighted by atomic mass is 16.4. The summed E-state index contributed by atoms with van der Waals surface area (Å²) in [6, 6.07) is -0.582. The lowest BCUT2D eigenvalue weighted by atomic mass is 10.1. The minimum atomic E-state index is -0.892. The third-order valence-corrected chi connectivity index (χ3v) is 2.57. The number of nitrogens with zero attached hydrogens (tertiary/aromatic N) is 1. The molecule has 0 heterocycles. The minimum absolute atomic E-state index is 0.0275. The van der Waals surface area contributed by atoms with Gasteiger partial charge in [-0.15, -0.1) is 6.42 Å². The smallest absolute Gasteiger partial charge is 0.318 e. The average molecular weight is 224 g/mol. The van der Waals surface area contributed by atoms with Gasteiger partial charge in [0, 0.05) is 13.1 Å². The summed E-state index contributed by atoms with van der Waals surface area (Å²) in [5.74, 6) is 1.77. The van der Waals surface area contributed by atoms with Crippen LogP contribution in [0, 0.1) is 18.3 Å². The van der Waals surface area contributed by atoms with Crippen LogP contribution >= 0.6 is 0 Å². The highest BCUT2D eigenvalue weighted by Crippen LogP contribution is 2.34. The van der Waals surface area contributed by atoms with Gasteiger partial charge in [-0.05, 0) is 18.8 Å². The van der Waals surface area contributed by atoms with Gasteiger partial charge in [0.2, 0.25) is 0 Å². The van der Waals surface area contributed by atoms with Crippen LogP contribution in [-0.2, 0) is 4.79 Å². The van der Waals surface area contributed by atoms with E-state index in [1.54, 1.807) is 7.05 Å². The molecule has 1 atom stereocenters. The SMILES string of the molecule is C#CCN(C)C(=O)NC(CC(=O)O)C1CC1. The molecule has 0 aromatic heterocycles. The quantitative estimate of drug-likeness (QED) is 0.669. The highest BCUT2D eigenvalue weighted by Gasteiger charge is 2.34. The Morgan fingerprint density at radius 3 is 2.69 bits per heavy atom. The van der Waals surface area contributed by atoms with Crippen LogP contribution in [0.25, 0.3) is 0 Å². The van der Waals surface area contributed by atoms with E-state index in [0.29, 0.717) is 5.92 Å². The third-order valence-electron chi connectivity index (χ3n) is 2.57. The number of carboxylic acid groups (broad SMARTS) is 1. The van der Waals surface area contributed by atoms with Crippen LogP contribution in [0.3, 0.4) is 0 Å². The number of carbonyl (C=O) groups excluding carboxylic acids is 1.